The summed E-state index contributed by atoms with van der Waals surface area (Å²) in [4.78, 5) is 15.9. The van der Waals surface area contributed by atoms with Gasteiger partial charge in [0.15, 0.2) is 0 Å². The first-order valence-electron chi connectivity index (χ1n) is 6.72. The predicted molar refractivity (Wildman–Crippen MR) is 74.2 cm³/mol. The molecule has 5 heteroatoms. The Morgan fingerprint density at radius 2 is 2.05 bits per heavy atom. The minimum atomic E-state index is -0.777. The van der Waals surface area contributed by atoms with Crippen molar-refractivity contribution in [2.75, 3.05) is 6.54 Å². The number of aliphatic hydroxyl groups is 1. The third kappa shape index (κ3) is 3.91. The predicted octanol–water partition coefficient (Wildman–Crippen LogP) is 2.55. The number of nitrogens with zero attached hydrogens (tertiary/aromatic N) is 1. The third-order valence-corrected chi connectivity index (χ3v) is 3.92. The zero-order chi connectivity index (χ0) is 13.7. The third-order valence-electron chi connectivity index (χ3n) is 3.62. The van der Waals surface area contributed by atoms with Crippen molar-refractivity contribution in [1.82, 2.24) is 10.3 Å². The largest absolute Gasteiger partial charge is 0.388 e. The molecule has 1 saturated carbocycles. The van der Waals surface area contributed by atoms with Crippen LogP contribution in [0.1, 0.15) is 48.9 Å². The van der Waals surface area contributed by atoms with E-state index in [1.54, 1.807) is 12.1 Å². The van der Waals surface area contributed by atoms with Crippen molar-refractivity contribution in [2.24, 2.45) is 0 Å². The number of rotatable bonds is 3. The zero-order valence-electron chi connectivity index (χ0n) is 10.9. The summed E-state index contributed by atoms with van der Waals surface area (Å²) in [5.41, 5.74) is -0.428. The van der Waals surface area contributed by atoms with E-state index < -0.39 is 5.60 Å². The molecule has 1 aromatic heterocycles. The number of halogens is 1. The molecular formula is C14H19ClN2O2. The number of carbonyl (C=O) groups is 1. The summed E-state index contributed by atoms with van der Waals surface area (Å²) in [5, 5.41) is 13.4. The fourth-order valence-corrected chi connectivity index (χ4v) is 2.66. The Morgan fingerprint density at radius 1 is 1.37 bits per heavy atom. The molecule has 0 unspecified atom stereocenters. The van der Waals surface area contributed by atoms with Crippen molar-refractivity contribution in [1.29, 1.82) is 0 Å². The van der Waals surface area contributed by atoms with Crippen molar-refractivity contribution in [3.05, 3.63) is 29.0 Å². The Kier molecular flexibility index (Phi) is 4.77. The van der Waals surface area contributed by atoms with Crippen LogP contribution in [0.5, 0.6) is 0 Å². The molecule has 2 rings (SSSR count). The number of amides is 1. The molecule has 0 bridgehead atoms. The van der Waals surface area contributed by atoms with Gasteiger partial charge in [0.2, 0.25) is 0 Å². The van der Waals surface area contributed by atoms with E-state index in [2.05, 4.69) is 10.3 Å². The van der Waals surface area contributed by atoms with Gasteiger partial charge in [-0.05, 0) is 25.0 Å². The van der Waals surface area contributed by atoms with E-state index in [0.717, 1.165) is 38.5 Å². The molecule has 0 atom stereocenters. The molecule has 2 N–H and O–H groups in total. The number of nitrogens with one attached hydrogen (secondary N) is 1. The van der Waals surface area contributed by atoms with Gasteiger partial charge in [-0.15, -0.1) is 0 Å². The maximum atomic E-state index is 12.0. The summed E-state index contributed by atoms with van der Waals surface area (Å²) in [6, 6.07) is 3.29. The molecule has 1 aliphatic carbocycles. The topological polar surface area (TPSA) is 62.2 Å². The van der Waals surface area contributed by atoms with Crippen LogP contribution in [0.15, 0.2) is 18.3 Å². The minimum absolute atomic E-state index is 0.188. The molecule has 0 radical (unpaired) electrons. The highest BCUT2D eigenvalue weighted by atomic mass is 35.5. The molecule has 0 saturated heterocycles. The van der Waals surface area contributed by atoms with Gasteiger partial charge in [0.25, 0.3) is 5.91 Å². The van der Waals surface area contributed by atoms with Crippen molar-refractivity contribution in [2.45, 2.75) is 44.1 Å². The molecule has 1 heterocycles. The molecule has 4 nitrogen and oxygen atoms in total. The van der Waals surface area contributed by atoms with Crippen LogP contribution in [0.2, 0.25) is 5.15 Å². The Morgan fingerprint density at radius 3 is 2.68 bits per heavy atom. The van der Waals surface area contributed by atoms with Crippen LogP contribution in [-0.4, -0.2) is 28.1 Å². The lowest BCUT2D eigenvalue weighted by Gasteiger charge is -2.26. The van der Waals surface area contributed by atoms with Gasteiger partial charge in [0, 0.05) is 12.7 Å². The SMILES string of the molecule is O=C(NCC1(O)CCCCCC1)c1cccnc1Cl. The van der Waals surface area contributed by atoms with Gasteiger partial charge >= 0.3 is 0 Å². The van der Waals surface area contributed by atoms with Gasteiger partial charge in [0.05, 0.1) is 11.2 Å². The van der Waals surface area contributed by atoms with Gasteiger partial charge in [-0.1, -0.05) is 37.3 Å². The van der Waals surface area contributed by atoms with E-state index in [9.17, 15) is 9.90 Å². The Labute approximate surface area is 118 Å². The number of carbonyl (C=O) groups excluding carboxylic acids is 1. The molecule has 19 heavy (non-hydrogen) atoms. The summed E-state index contributed by atoms with van der Waals surface area (Å²) < 4.78 is 0. The van der Waals surface area contributed by atoms with Crippen molar-refractivity contribution >= 4 is 17.5 Å². The molecule has 0 spiro atoms. The average Bonchev–Trinajstić information content (AvgIpc) is 2.62. The quantitative estimate of drug-likeness (QED) is 0.661. The lowest BCUT2D eigenvalue weighted by Crippen LogP contribution is -2.42. The molecule has 1 amide bonds. The van der Waals surface area contributed by atoms with Gasteiger partial charge in [-0.25, -0.2) is 4.98 Å². The Hall–Kier alpha value is -1.13. The van der Waals surface area contributed by atoms with Gasteiger partial charge < -0.3 is 10.4 Å². The summed E-state index contributed by atoms with van der Waals surface area (Å²) >= 11 is 5.87. The molecule has 0 aromatic carbocycles. The molecule has 104 valence electrons. The smallest absolute Gasteiger partial charge is 0.254 e. The van der Waals surface area contributed by atoms with E-state index >= 15 is 0 Å². The number of hydrogen-bond acceptors (Lipinski definition) is 3. The van der Waals surface area contributed by atoms with Crippen molar-refractivity contribution in [3.8, 4) is 0 Å². The number of aromatic nitrogens is 1. The zero-order valence-corrected chi connectivity index (χ0v) is 11.6. The summed E-state index contributed by atoms with van der Waals surface area (Å²) in [5.74, 6) is -0.282. The first kappa shape index (κ1) is 14.3. The van der Waals surface area contributed by atoms with Crippen LogP contribution >= 0.6 is 11.6 Å². The maximum absolute atomic E-state index is 12.0. The highest BCUT2D eigenvalue weighted by molar-refractivity contribution is 6.32. The van der Waals surface area contributed by atoms with Crippen molar-refractivity contribution < 1.29 is 9.90 Å². The van der Waals surface area contributed by atoms with Crippen LogP contribution < -0.4 is 5.32 Å². The molecule has 1 aliphatic rings. The summed E-state index contributed by atoms with van der Waals surface area (Å²) in [6.45, 7) is 0.275. The highest BCUT2D eigenvalue weighted by Gasteiger charge is 2.28. The average molecular weight is 283 g/mol. The van der Waals surface area contributed by atoms with E-state index in [4.69, 9.17) is 11.6 Å². The van der Waals surface area contributed by atoms with Gasteiger partial charge in [-0.3, -0.25) is 4.79 Å². The summed E-state index contributed by atoms with van der Waals surface area (Å²) in [6.07, 6.45) is 7.37. The van der Waals surface area contributed by atoms with E-state index in [1.165, 1.54) is 6.20 Å². The molecule has 1 fully saturated rings. The molecular weight excluding hydrogens is 264 g/mol. The van der Waals surface area contributed by atoms with E-state index in [-0.39, 0.29) is 17.6 Å². The fraction of sp³-hybridized carbons (Fsp3) is 0.571. The second-order valence-electron chi connectivity index (χ2n) is 5.16. The van der Waals surface area contributed by atoms with Crippen molar-refractivity contribution in [3.63, 3.8) is 0 Å². The van der Waals surface area contributed by atoms with Crippen LogP contribution in [0.3, 0.4) is 0 Å². The summed E-state index contributed by atoms with van der Waals surface area (Å²) in [7, 11) is 0. The highest BCUT2D eigenvalue weighted by Crippen LogP contribution is 2.26. The number of pyridine rings is 1. The first-order valence-corrected chi connectivity index (χ1v) is 7.10. The molecule has 1 aromatic rings. The molecule has 0 aliphatic heterocycles. The second kappa shape index (κ2) is 6.35. The Balaban J connectivity index is 1.94. The first-order chi connectivity index (χ1) is 9.11. The lowest BCUT2D eigenvalue weighted by atomic mass is 9.94. The normalized spacial score (nSPS) is 18.6. The van der Waals surface area contributed by atoms with E-state index in [0.29, 0.717) is 5.56 Å². The maximum Gasteiger partial charge on any atom is 0.254 e. The lowest BCUT2D eigenvalue weighted by molar-refractivity contribution is 0.0246. The van der Waals surface area contributed by atoms with Crippen LogP contribution in [0.4, 0.5) is 0 Å². The number of hydrogen-bond donors (Lipinski definition) is 2. The Bertz CT molecular complexity index is 443. The van der Waals surface area contributed by atoms with Crippen LogP contribution in [0.25, 0.3) is 0 Å². The monoisotopic (exact) mass is 282 g/mol. The van der Waals surface area contributed by atoms with Gasteiger partial charge in [0.1, 0.15) is 5.15 Å². The second-order valence-corrected chi connectivity index (χ2v) is 5.52. The fourth-order valence-electron chi connectivity index (χ4n) is 2.46. The van der Waals surface area contributed by atoms with E-state index in [1.807, 2.05) is 0 Å². The van der Waals surface area contributed by atoms with Crippen LogP contribution in [0, 0.1) is 0 Å². The van der Waals surface area contributed by atoms with Gasteiger partial charge in [-0.2, -0.15) is 0 Å². The minimum Gasteiger partial charge on any atom is -0.388 e. The standard InChI is InChI=1S/C14H19ClN2O2/c15-12-11(6-5-9-16-12)13(18)17-10-14(19)7-3-1-2-4-8-14/h5-6,9,19H,1-4,7-8,10H2,(H,17,18). The van der Waals surface area contributed by atoms with Crippen LogP contribution in [-0.2, 0) is 0 Å².